The maximum absolute atomic E-state index is 5.75. The van der Waals surface area contributed by atoms with E-state index in [-0.39, 0.29) is 0 Å². The van der Waals surface area contributed by atoms with Crippen LogP contribution in [0, 0.1) is 0 Å². The maximum atomic E-state index is 5.75. The zero-order chi connectivity index (χ0) is 13.1. The van der Waals surface area contributed by atoms with Crippen LogP contribution < -0.4 is 10.2 Å². The molecule has 102 valence electrons. The first-order valence-electron chi connectivity index (χ1n) is 6.83. The van der Waals surface area contributed by atoms with Crippen LogP contribution >= 0.6 is 0 Å². The summed E-state index contributed by atoms with van der Waals surface area (Å²) in [6, 6.07) is 8.59. The second-order valence-electron chi connectivity index (χ2n) is 4.98. The Kier molecular flexibility index (Phi) is 3.66. The number of fused-ring (bicyclic) bond motifs is 1. The molecule has 1 N–H and O–H groups in total. The van der Waals surface area contributed by atoms with Crippen LogP contribution in [-0.4, -0.2) is 56.2 Å². The lowest BCUT2D eigenvalue weighted by atomic mass is 10.3. The molecule has 0 aliphatic carbocycles. The molecular weight excluding hydrogens is 240 g/mol. The molecule has 0 bridgehead atoms. The van der Waals surface area contributed by atoms with Crippen molar-refractivity contribution in [3.8, 4) is 0 Å². The van der Waals surface area contributed by atoms with Crippen LogP contribution in [0.4, 0.5) is 6.01 Å². The summed E-state index contributed by atoms with van der Waals surface area (Å²) < 4.78 is 5.75. The largest absolute Gasteiger partial charge is 0.423 e. The van der Waals surface area contributed by atoms with E-state index in [2.05, 4.69) is 20.1 Å². The summed E-state index contributed by atoms with van der Waals surface area (Å²) in [5, 5.41) is 3.37. The number of anilines is 1. The smallest absolute Gasteiger partial charge is 0.298 e. The van der Waals surface area contributed by atoms with Crippen molar-refractivity contribution in [2.24, 2.45) is 0 Å². The van der Waals surface area contributed by atoms with Crippen molar-refractivity contribution in [2.75, 3.05) is 51.2 Å². The fraction of sp³-hybridized carbons (Fsp3) is 0.500. The van der Waals surface area contributed by atoms with E-state index in [0.717, 1.165) is 50.4 Å². The zero-order valence-electron chi connectivity index (χ0n) is 11.3. The second-order valence-corrected chi connectivity index (χ2v) is 4.98. The zero-order valence-corrected chi connectivity index (χ0v) is 11.3. The molecule has 0 atom stereocenters. The Morgan fingerprint density at radius 3 is 2.89 bits per heavy atom. The van der Waals surface area contributed by atoms with Crippen molar-refractivity contribution < 1.29 is 4.42 Å². The van der Waals surface area contributed by atoms with Crippen molar-refractivity contribution >= 4 is 17.1 Å². The van der Waals surface area contributed by atoms with Crippen LogP contribution in [0.5, 0.6) is 0 Å². The van der Waals surface area contributed by atoms with E-state index < -0.39 is 0 Å². The SMILES string of the molecule is CN(CCN1CCNCC1)c1nc2ccccc2o1. The van der Waals surface area contributed by atoms with Gasteiger partial charge in [0.25, 0.3) is 6.01 Å². The number of nitrogens with zero attached hydrogens (tertiary/aromatic N) is 3. The molecule has 1 aliphatic rings. The molecule has 1 saturated heterocycles. The molecule has 0 spiro atoms. The first-order chi connectivity index (χ1) is 9.33. The summed E-state index contributed by atoms with van der Waals surface area (Å²) in [5.41, 5.74) is 1.78. The van der Waals surface area contributed by atoms with E-state index in [0.29, 0.717) is 6.01 Å². The minimum atomic E-state index is 0.705. The highest BCUT2D eigenvalue weighted by Crippen LogP contribution is 2.20. The molecule has 3 rings (SSSR count). The number of hydrogen-bond donors (Lipinski definition) is 1. The first-order valence-corrected chi connectivity index (χ1v) is 6.83. The Balaban J connectivity index is 1.61. The molecule has 5 heteroatoms. The second kappa shape index (κ2) is 5.59. The average molecular weight is 260 g/mol. The van der Waals surface area contributed by atoms with E-state index in [9.17, 15) is 0 Å². The molecule has 0 unspecified atom stereocenters. The highest BCUT2D eigenvalue weighted by molar-refractivity contribution is 5.74. The van der Waals surface area contributed by atoms with Gasteiger partial charge in [-0.15, -0.1) is 0 Å². The monoisotopic (exact) mass is 260 g/mol. The third-order valence-corrected chi connectivity index (χ3v) is 3.57. The van der Waals surface area contributed by atoms with Gasteiger partial charge in [-0.3, -0.25) is 4.90 Å². The van der Waals surface area contributed by atoms with Crippen LogP contribution in [0.3, 0.4) is 0 Å². The number of oxazole rings is 1. The first kappa shape index (κ1) is 12.4. The fourth-order valence-corrected chi connectivity index (χ4v) is 2.35. The molecular formula is C14H20N4O. The number of piperazine rings is 1. The molecule has 19 heavy (non-hydrogen) atoms. The van der Waals surface area contributed by atoms with E-state index in [1.165, 1.54) is 0 Å². The predicted octanol–water partition coefficient (Wildman–Crippen LogP) is 1.17. The lowest BCUT2D eigenvalue weighted by molar-refractivity contribution is 0.245. The van der Waals surface area contributed by atoms with Gasteiger partial charge in [-0.2, -0.15) is 4.98 Å². The predicted molar refractivity (Wildman–Crippen MR) is 76.6 cm³/mol. The number of aromatic nitrogens is 1. The molecule has 2 aromatic rings. The molecule has 1 aromatic heterocycles. The Morgan fingerprint density at radius 2 is 2.11 bits per heavy atom. The summed E-state index contributed by atoms with van der Waals surface area (Å²) in [7, 11) is 2.03. The van der Waals surface area contributed by atoms with Gasteiger partial charge in [0.2, 0.25) is 0 Å². The number of nitrogens with one attached hydrogen (secondary N) is 1. The summed E-state index contributed by atoms with van der Waals surface area (Å²) in [6.07, 6.45) is 0. The molecule has 1 aliphatic heterocycles. The summed E-state index contributed by atoms with van der Waals surface area (Å²) >= 11 is 0. The average Bonchev–Trinajstić information content (AvgIpc) is 2.90. The third kappa shape index (κ3) is 2.88. The Labute approximate surface area is 113 Å². The number of para-hydroxylation sites is 2. The molecule has 5 nitrogen and oxygen atoms in total. The molecule has 0 radical (unpaired) electrons. The molecule has 1 aromatic carbocycles. The van der Waals surface area contributed by atoms with E-state index in [1.807, 2.05) is 31.3 Å². The fourth-order valence-electron chi connectivity index (χ4n) is 2.35. The number of hydrogen-bond acceptors (Lipinski definition) is 5. The van der Waals surface area contributed by atoms with Gasteiger partial charge >= 0.3 is 0 Å². The van der Waals surface area contributed by atoms with Gasteiger partial charge in [0.15, 0.2) is 5.58 Å². The highest BCUT2D eigenvalue weighted by Gasteiger charge is 2.13. The number of benzene rings is 1. The van der Waals surface area contributed by atoms with Crippen molar-refractivity contribution in [1.29, 1.82) is 0 Å². The molecule has 1 fully saturated rings. The standard InChI is InChI=1S/C14H20N4O/c1-17(10-11-18-8-6-15-7-9-18)14-16-12-4-2-3-5-13(12)19-14/h2-5,15H,6-11H2,1H3. The number of likely N-dealkylation sites (N-methyl/N-ethyl adjacent to an activating group) is 1. The van der Waals surface area contributed by atoms with Crippen molar-refractivity contribution in [3.63, 3.8) is 0 Å². The summed E-state index contributed by atoms with van der Waals surface area (Å²) in [6.45, 7) is 6.42. The highest BCUT2D eigenvalue weighted by atomic mass is 16.4. The Morgan fingerprint density at radius 1 is 1.32 bits per heavy atom. The summed E-state index contributed by atoms with van der Waals surface area (Å²) in [4.78, 5) is 9.06. The van der Waals surface area contributed by atoms with Crippen LogP contribution in [0.15, 0.2) is 28.7 Å². The lowest BCUT2D eigenvalue weighted by Crippen LogP contribution is -2.46. The minimum absolute atomic E-state index is 0.705. The van der Waals surface area contributed by atoms with Crippen molar-refractivity contribution in [2.45, 2.75) is 0 Å². The van der Waals surface area contributed by atoms with Crippen molar-refractivity contribution in [3.05, 3.63) is 24.3 Å². The topological polar surface area (TPSA) is 44.5 Å². The van der Waals surface area contributed by atoms with Gasteiger partial charge in [0, 0.05) is 46.3 Å². The molecule has 0 saturated carbocycles. The molecule has 2 heterocycles. The minimum Gasteiger partial charge on any atom is -0.423 e. The van der Waals surface area contributed by atoms with Crippen molar-refractivity contribution in [1.82, 2.24) is 15.2 Å². The maximum Gasteiger partial charge on any atom is 0.298 e. The van der Waals surface area contributed by atoms with E-state index in [4.69, 9.17) is 4.42 Å². The lowest BCUT2D eigenvalue weighted by Gasteiger charge is -2.28. The molecule has 0 amide bonds. The normalized spacial score (nSPS) is 16.9. The van der Waals surface area contributed by atoms with Gasteiger partial charge in [-0.05, 0) is 12.1 Å². The van der Waals surface area contributed by atoms with Gasteiger partial charge in [-0.1, -0.05) is 12.1 Å². The quantitative estimate of drug-likeness (QED) is 0.894. The van der Waals surface area contributed by atoms with Gasteiger partial charge in [0.1, 0.15) is 5.52 Å². The van der Waals surface area contributed by atoms with E-state index >= 15 is 0 Å². The van der Waals surface area contributed by atoms with Crippen LogP contribution in [-0.2, 0) is 0 Å². The van der Waals surface area contributed by atoms with E-state index in [1.54, 1.807) is 0 Å². The Hall–Kier alpha value is -1.59. The Bertz CT molecular complexity index is 500. The van der Waals surface area contributed by atoms with Gasteiger partial charge < -0.3 is 14.6 Å². The third-order valence-electron chi connectivity index (χ3n) is 3.57. The van der Waals surface area contributed by atoms with Gasteiger partial charge in [-0.25, -0.2) is 0 Å². The van der Waals surface area contributed by atoms with Crippen LogP contribution in [0.2, 0.25) is 0 Å². The van der Waals surface area contributed by atoms with Crippen LogP contribution in [0.25, 0.3) is 11.1 Å². The number of rotatable bonds is 4. The van der Waals surface area contributed by atoms with Gasteiger partial charge in [0.05, 0.1) is 0 Å². The summed E-state index contributed by atoms with van der Waals surface area (Å²) in [5.74, 6) is 0. The van der Waals surface area contributed by atoms with Crippen LogP contribution in [0.1, 0.15) is 0 Å².